The zero-order valence-corrected chi connectivity index (χ0v) is 20.0. The molecule has 2 heterocycles. The van der Waals surface area contributed by atoms with Gasteiger partial charge in [0.05, 0.1) is 18.7 Å². The minimum absolute atomic E-state index is 0.357. The summed E-state index contributed by atoms with van der Waals surface area (Å²) in [5.41, 5.74) is 2.02. The van der Waals surface area contributed by atoms with Gasteiger partial charge < -0.3 is 9.30 Å². The molecule has 0 aliphatic carbocycles. The lowest BCUT2D eigenvalue weighted by Crippen LogP contribution is -2.35. The SMILES string of the molecule is COc1ccc(-n2ccn(CN3CCCN(S(=O)(=O)c4ccc(C)cc4)CC3)c2=S)cc1. The van der Waals surface area contributed by atoms with Crippen LogP contribution in [0, 0.1) is 11.7 Å². The largest absolute Gasteiger partial charge is 0.497 e. The standard InChI is InChI=1S/C23H28N4O3S2/c1-19-4-10-22(11-5-19)32(28,29)26-13-3-12-24(14-16-26)18-25-15-17-27(23(25)31)20-6-8-21(30-2)9-7-20/h4-11,15,17H,3,12-14,16,18H2,1-2H3. The van der Waals surface area contributed by atoms with Gasteiger partial charge in [0.15, 0.2) is 4.77 Å². The summed E-state index contributed by atoms with van der Waals surface area (Å²) in [6.07, 6.45) is 4.70. The van der Waals surface area contributed by atoms with E-state index in [1.54, 1.807) is 23.5 Å². The van der Waals surface area contributed by atoms with Crippen LogP contribution < -0.4 is 4.74 Å². The minimum Gasteiger partial charge on any atom is -0.497 e. The lowest BCUT2D eigenvalue weighted by molar-refractivity contribution is 0.227. The molecule has 1 aliphatic heterocycles. The van der Waals surface area contributed by atoms with Crippen molar-refractivity contribution in [1.82, 2.24) is 18.3 Å². The molecule has 32 heavy (non-hydrogen) atoms. The fourth-order valence-corrected chi connectivity index (χ4v) is 5.62. The van der Waals surface area contributed by atoms with E-state index in [-0.39, 0.29) is 0 Å². The summed E-state index contributed by atoms with van der Waals surface area (Å²) in [4.78, 5) is 2.61. The number of benzene rings is 2. The van der Waals surface area contributed by atoms with E-state index < -0.39 is 10.0 Å². The fourth-order valence-electron chi connectivity index (χ4n) is 3.86. The average Bonchev–Trinajstić information content (AvgIpc) is 2.99. The molecule has 1 aromatic heterocycles. The van der Waals surface area contributed by atoms with Crippen LogP contribution in [0.1, 0.15) is 12.0 Å². The maximum atomic E-state index is 13.0. The number of methoxy groups -OCH3 is 1. The predicted octanol–water partition coefficient (Wildman–Crippen LogP) is 3.68. The van der Waals surface area contributed by atoms with Crippen molar-refractivity contribution in [2.45, 2.75) is 24.9 Å². The summed E-state index contributed by atoms with van der Waals surface area (Å²) in [5.74, 6) is 0.800. The van der Waals surface area contributed by atoms with Gasteiger partial charge in [-0.15, -0.1) is 0 Å². The van der Waals surface area contributed by atoms with Gasteiger partial charge in [0, 0.05) is 44.3 Å². The smallest absolute Gasteiger partial charge is 0.243 e. The highest BCUT2D eigenvalue weighted by Crippen LogP contribution is 2.19. The van der Waals surface area contributed by atoms with Crippen LogP contribution in [0.4, 0.5) is 0 Å². The Morgan fingerprint density at radius 2 is 1.66 bits per heavy atom. The van der Waals surface area contributed by atoms with Crippen LogP contribution in [0.3, 0.4) is 0 Å². The number of aromatic nitrogens is 2. The number of nitrogens with zero attached hydrogens (tertiary/aromatic N) is 4. The van der Waals surface area contributed by atoms with Crippen LogP contribution >= 0.6 is 12.2 Å². The summed E-state index contributed by atoms with van der Waals surface area (Å²) >= 11 is 5.69. The van der Waals surface area contributed by atoms with Crippen molar-refractivity contribution in [3.05, 3.63) is 71.3 Å². The molecule has 1 fully saturated rings. The van der Waals surface area contributed by atoms with Crippen LogP contribution in [0.5, 0.6) is 5.75 Å². The van der Waals surface area contributed by atoms with Crippen molar-refractivity contribution in [2.24, 2.45) is 0 Å². The molecule has 1 saturated heterocycles. The first kappa shape index (κ1) is 22.7. The third-order valence-electron chi connectivity index (χ3n) is 5.76. The van der Waals surface area contributed by atoms with Gasteiger partial charge >= 0.3 is 0 Å². The highest BCUT2D eigenvalue weighted by atomic mass is 32.2. The number of hydrogen-bond donors (Lipinski definition) is 0. The first-order valence-corrected chi connectivity index (χ1v) is 12.4. The van der Waals surface area contributed by atoms with Gasteiger partial charge in [0.25, 0.3) is 0 Å². The molecule has 0 saturated carbocycles. The molecule has 9 heteroatoms. The van der Waals surface area contributed by atoms with E-state index in [2.05, 4.69) is 4.90 Å². The summed E-state index contributed by atoms with van der Waals surface area (Å²) < 4.78 is 37.6. The molecule has 0 N–H and O–H groups in total. The van der Waals surface area contributed by atoms with Gasteiger partial charge in [0.2, 0.25) is 10.0 Å². The maximum Gasteiger partial charge on any atom is 0.243 e. The Hall–Kier alpha value is -2.46. The van der Waals surface area contributed by atoms with Crippen molar-refractivity contribution >= 4 is 22.2 Å². The van der Waals surface area contributed by atoms with Crippen molar-refractivity contribution in [1.29, 1.82) is 0 Å². The van der Waals surface area contributed by atoms with E-state index in [9.17, 15) is 8.42 Å². The van der Waals surface area contributed by atoms with Gasteiger partial charge in [-0.2, -0.15) is 4.31 Å². The summed E-state index contributed by atoms with van der Waals surface area (Å²) in [7, 11) is -1.84. The second kappa shape index (κ2) is 9.58. The van der Waals surface area contributed by atoms with E-state index in [1.165, 1.54) is 0 Å². The van der Waals surface area contributed by atoms with Crippen LogP contribution in [0.25, 0.3) is 5.69 Å². The van der Waals surface area contributed by atoms with Crippen molar-refractivity contribution in [2.75, 3.05) is 33.3 Å². The van der Waals surface area contributed by atoms with Crippen molar-refractivity contribution in [3.8, 4) is 11.4 Å². The Morgan fingerprint density at radius 3 is 2.34 bits per heavy atom. The number of ether oxygens (including phenoxy) is 1. The third-order valence-corrected chi connectivity index (χ3v) is 8.10. The molecule has 0 atom stereocenters. The van der Waals surface area contributed by atoms with Crippen LogP contribution in [-0.2, 0) is 16.7 Å². The molecule has 0 amide bonds. The number of aryl methyl sites for hydroxylation is 1. The molecule has 0 unspecified atom stereocenters. The lowest BCUT2D eigenvalue weighted by atomic mass is 10.2. The fraction of sp³-hybridized carbons (Fsp3) is 0.348. The molecule has 0 radical (unpaired) electrons. The maximum absolute atomic E-state index is 13.0. The highest BCUT2D eigenvalue weighted by Gasteiger charge is 2.27. The van der Waals surface area contributed by atoms with Gasteiger partial charge in [-0.05, 0) is 62.0 Å². The monoisotopic (exact) mass is 472 g/mol. The average molecular weight is 473 g/mol. The molecule has 0 spiro atoms. The molecule has 170 valence electrons. The Bertz CT molecular complexity index is 1220. The number of imidazole rings is 1. The van der Waals surface area contributed by atoms with Crippen molar-refractivity contribution in [3.63, 3.8) is 0 Å². The predicted molar refractivity (Wildman–Crippen MR) is 127 cm³/mol. The van der Waals surface area contributed by atoms with Gasteiger partial charge in [0.1, 0.15) is 5.75 Å². The first-order valence-electron chi connectivity index (χ1n) is 10.6. The molecular weight excluding hydrogens is 444 g/mol. The molecule has 7 nitrogen and oxygen atoms in total. The van der Waals surface area contributed by atoms with E-state index >= 15 is 0 Å². The Labute approximate surface area is 194 Å². The molecule has 4 rings (SSSR count). The summed E-state index contributed by atoms with van der Waals surface area (Å²) in [6.45, 7) is 5.03. The summed E-state index contributed by atoms with van der Waals surface area (Å²) in [5, 5.41) is 0. The second-order valence-electron chi connectivity index (χ2n) is 7.95. The third kappa shape index (κ3) is 4.80. The number of rotatable bonds is 6. The number of sulfonamides is 1. The van der Waals surface area contributed by atoms with Crippen LogP contribution in [0.15, 0.2) is 65.8 Å². The van der Waals surface area contributed by atoms with Crippen LogP contribution in [0.2, 0.25) is 0 Å². The number of hydrogen-bond acceptors (Lipinski definition) is 5. The van der Waals surface area contributed by atoms with Gasteiger partial charge in [-0.1, -0.05) is 17.7 Å². The minimum atomic E-state index is -3.48. The van der Waals surface area contributed by atoms with E-state index in [0.717, 1.165) is 30.0 Å². The zero-order chi connectivity index (χ0) is 22.7. The quantitative estimate of drug-likeness (QED) is 0.512. The highest BCUT2D eigenvalue weighted by molar-refractivity contribution is 7.89. The summed E-state index contributed by atoms with van der Waals surface area (Å²) in [6, 6.07) is 14.8. The van der Waals surface area contributed by atoms with Crippen molar-refractivity contribution < 1.29 is 13.2 Å². The second-order valence-corrected chi connectivity index (χ2v) is 10.3. The Kier molecular flexibility index (Phi) is 6.80. The lowest BCUT2D eigenvalue weighted by Gasteiger charge is -2.22. The van der Waals surface area contributed by atoms with E-state index in [0.29, 0.717) is 36.0 Å². The Morgan fingerprint density at radius 1 is 0.938 bits per heavy atom. The molecule has 1 aliphatic rings. The van der Waals surface area contributed by atoms with Crippen LogP contribution in [-0.4, -0.2) is 60.0 Å². The zero-order valence-electron chi connectivity index (χ0n) is 18.3. The van der Waals surface area contributed by atoms with Gasteiger partial charge in [-0.25, -0.2) is 8.42 Å². The molecule has 2 aromatic carbocycles. The molecular formula is C23H28N4O3S2. The Balaban J connectivity index is 1.44. The molecule has 3 aromatic rings. The van der Waals surface area contributed by atoms with E-state index in [4.69, 9.17) is 17.0 Å². The first-order chi connectivity index (χ1) is 15.4. The molecule has 0 bridgehead atoms. The van der Waals surface area contributed by atoms with E-state index in [1.807, 2.05) is 64.8 Å². The topological polar surface area (TPSA) is 59.7 Å². The van der Waals surface area contributed by atoms with Gasteiger partial charge in [-0.3, -0.25) is 9.47 Å². The normalized spacial score (nSPS) is 16.1.